The third-order valence-corrected chi connectivity index (χ3v) is 2.93. The van der Waals surface area contributed by atoms with Crippen molar-refractivity contribution in [2.75, 3.05) is 0 Å². The molecular weight excluding hydrogens is 308 g/mol. The van der Waals surface area contributed by atoms with Crippen molar-refractivity contribution in [1.29, 1.82) is 0 Å². The van der Waals surface area contributed by atoms with Gasteiger partial charge in [0.1, 0.15) is 22.6 Å². The first-order valence-electron chi connectivity index (χ1n) is 3.24. The fourth-order valence-corrected chi connectivity index (χ4v) is 1.29. The molecule has 14 heavy (non-hydrogen) atoms. The van der Waals surface area contributed by atoms with Gasteiger partial charge in [-0.25, -0.2) is 9.97 Å². The molecule has 1 rings (SSSR count). The molecular formula is C6H2BrCl2F3N2. The number of alkyl halides is 3. The van der Waals surface area contributed by atoms with Gasteiger partial charge >= 0.3 is 6.18 Å². The summed E-state index contributed by atoms with van der Waals surface area (Å²) in [5.41, 5.74) is 0. The zero-order valence-electron chi connectivity index (χ0n) is 6.37. The topological polar surface area (TPSA) is 25.8 Å². The first kappa shape index (κ1) is 12.0. The Hall–Kier alpha value is -0.0700. The van der Waals surface area contributed by atoms with Crippen LogP contribution in [0, 0.1) is 0 Å². The molecule has 0 unspecified atom stereocenters. The average molecular weight is 310 g/mol. The summed E-state index contributed by atoms with van der Waals surface area (Å²) in [7, 11) is 0. The van der Waals surface area contributed by atoms with Gasteiger partial charge in [0.15, 0.2) is 0 Å². The van der Waals surface area contributed by atoms with Crippen molar-refractivity contribution in [3.05, 3.63) is 20.6 Å². The summed E-state index contributed by atoms with van der Waals surface area (Å²) in [6.45, 7) is 0. The highest BCUT2D eigenvalue weighted by Crippen LogP contribution is 2.28. The van der Waals surface area contributed by atoms with Crippen LogP contribution in [0.2, 0.25) is 10.3 Å². The molecule has 0 bridgehead atoms. The molecule has 0 radical (unpaired) electrons. The van der Waals surface area contributed by atoms with Crippen LogP contribution >= 0.6 is 39.1 Å². The molecule has 1 aromatic rings. The lowest BCUT2D eigenvalue weighted by atomic mass is 10.4. The molecule has 0 atom stereocenters. The molecule has 0 saturated carbocycles. The molecule has 8 heteroatoms. The molecule has 0 saturated heterocycles. The molecule has 2 nitrogen and oxygen atoms in total. The normalized spacial score (nSPS) is 11.9. The Morgan fingerprint density at radius 3 is 1.93 bits per heavy atom. The number of hydrogen-bond acceptors (Lipinski definition) is 2. The first-order valence-corrected chi connectivity index (χ1v) is 4.78. The molecule has 0 spiro atoms. The van der Waals surface area contributed by atoms with Gasteiger partial charge in [0.05, 0.1) is 4.47 Å². The molecule has 1 heterocycles. The van der Waals surface area contributed by atoms with Gasteiger partial charge in [0.2, 0.25) is 0 Å². The summed E-state index contributed by atoms with van der Waals surface area (Å²) in [6.07, 6.45) is -5.62. The van der Waals surface area contributed by atoms with Crippen molar-refractivity contribution in [2.24, 2.45) is 0 Å². The van der Waals surface area contributed by atoms with E-state index in [2.05, 4.69) is 25.9 Å². The molecule has 1 aromatic heterocycles. The Bertz CT molecular complexity index is 332. The Labute approximate surface area is 95.6 Å². The summed E-state index contributed by atoms with van der Waals surface area (Å²) in [6, 6.07) is 0. The highest BCUT2D eigenvalue weighted by molar-refractivity contribution is 9.10. The van der Waals surface area contributed by atoms with E-state index in [4.69, 9.17) is 23.2 Å². The van der Waals surface area contributed by atoms with Crippen LogP contribution in [0.25, 0.3) is 0 Å². The van der Waals surface area contributed by atoms with Gasteiger partial charge in [-0.15, -0.1) is 0 Å². The van der Waals surface area contributed by atoms with Crippen LogP contribution in [0.15, 0.2) is 4.47 Å². The maximum Gasteiger partial charge on any atom is 0.396 e. The zero-order chi connectivity index (χ0) is 10.9. The van der Waals surface area contributed by atoms with Gasteiger partial charge in [-0.1, -0.05) is 23.2 Å². The maximum atomic E-state index is 11.9. The number of nitrogens with zero attached hydrogens (tertiary/aromatic N) is 2. The van der Waals surface area contributed by atoms with Crippen molar-refractivity contribution in [1.82, 2.24) is 9.97 Å². The van der Waals surface area contributed by atoms with Gasteiger partial charge < -0.3 is 0 Å². The summed E-state index contributed by atoms with van der Waals surface area (Å²) in [5, 5.41) is -0.270. The van der Waals surface area contributed by atoms with Crippen LogP contribution in [0.1, 0.15) is 5.82 Å². The molecule has 0 aromatic carbocycles. The molecule has 0 aliphatic rings. The van der Waals surface area contributed by atoms with Gasteiger partial charge in [0.25, 0.3) is 0 Å². The van der Waals surface area contributed by atoms with Crippen LogP contribution in [-0.2, 0) is 6.42 Å². The molecule has 0 aliphatic carbocycles. The third kappa shape index (κ3) is 3.25. The average Bonchev–Trinajstić information content (AvgIpc) is 1.96. The number of hydrogen-bond donors (Lipinski definition) is 0. The minimum atomic E-state index is -4.37. The lowest BCUT2D eigenvalue weighted by molar-refractivity contribution is -0.128. The molecule has 0 amide bonds. The zero-order valence-corrected chi connectivity index (χ0v) is 9.47. The van der Waals surface area contributed by atoms with Crippen LogP contribution < -0.4 is 0 Å². The van der Waals surface area contributed by atoms with E-state index >= 15 is 0 Å². The van der Waals surface area contributed by atoms with E-state index in [9.17, 15) is 13.2 Å². The van der Waals surface area contributed by atoms with Gasteiger partial charge in [-0.05, 0) is 15.9 Å². The van der Waals surface area contributed by atoms with E-state index in [-0.39, 0.29) is 14.8 Å². The van der Waals surface area contributed by atoms with Crippen LogP contribution in [0.3, 0.4) is 0 Å². The highest BCUT2D eigenvalue weighted by Gasteiger charge is 2.30. The van der Waals surface area contributed by atoms with Crippen molar-refractivity contribution in [3.63, 3.8) is 0 Å². The van der Waals surface area contributed by atoms with Gasteiger partial charge in [-0.2, -0.15) is 13.2 Å². The Morgan fingerprint density at radius 1 is 1.14 bits per heavy atom. The van der Waals surface area contributed by atoms with Crippen molar-refractivity contribution < 1.29 is 13.2 Å². The summed E-state index contributed by atoms with van der Waals surface area (Å²) in [5.74, 6) is -0.448. The number of rotatable bonds is 1. The van der Waals surface area contributed by atoms with Crippen molar-refractivity contribution >= 4 is 39.1 Å². The smallest absolute Gasteiger partial charge is 0.220 e. The molecule has 0 N–H and O–H groups in total. The fraction of sp³-hybridized carbons (Fsp3) is 0.333. The van der Waals surface area contributed by atoms with Crippen molar-refractivity contribution in [2.45, 2.75) is 12.6 Å². The van der Waals surface area contributed by atoms with Crippen LogP contribution in [0.4, 0.5) is 13.2 Å². The monoisotopic (exact) mass is 308 g/mol. The quantitative estimate of drug-likeness (QED) is 0.740. The summed E-state index contributed by atoms with van der Waals surface area (Å²) < 4.78 is 36.0. The molecule has 0 fully saturated rings. The minimum absolute atomic E-state index is 0.135. The maximum absolute atomic E-state index is 11.9. The standard InChI is InChI=1S/C6H2BrCl2F3N2/c7-3-4(8)13-2(14-5(3)9)1-6(10,11)12/h1H2. The van der Waals surface area contributed by atoms with E-state index in [0.717, 1.165) is 0 Å². The SMILES string of the molecule is FC(F)(F)Cc1nc(Cl)c(Br)c(Cl)n1. The lowest BCUT2D eigenvalue weighted by Crippen LogP contribution is -2.14. The fourth-order valence-electron chi connectivity index (χ4n) is 0.693. The Kier molecular flexibility index (Phi) is 3.60. The second kappa shape index (κ2) is 4.20. The third-order valence-electron chi connectivity index (χ3n) is 1.18. The van der Waals surface area contributed by atoms with E-state index < -0.39 is 18.4 Å². The second-order valence-electron chi connectivity index (χ2n) is 2.33. The van der Waals surface area contributed by atoms with E-state index in [1.807, 2.05) is 0 Å². The molecule has 78 valence electrons. The van der Waals surface area contributed by atoms with Gasteiger partial charge in [-0.3, -0.25) is 0 Å². The highest BCUT2D eigenvalue weighted by atomic mass is 79.9. The summed E-state index contributed by atoms with van der Waals surface area (Å²) >= 11 is 13.9. The number of halogens is 6. The predicted octanol–water partition coefficient (Wildman–Crippen LogP) is 3.65. The minimum Gasteiger partial charge on any atom is -0.220 e. The lowest BCUT2D eigenvalue weighted by Gasteiger charge is -2.06. The van der Waals surface area contributed by atoms with Crippen LogP contribution in [-0.4, -0.2) is 16.1 Å². The van der Waals surface area contributed by atoms with E-state index in [1.54, 1.807) is 0 Å². The summed E-state index contributed by atoms with van der Waals surface area (Å²) in [4.78, 5) is 6.84. The Balaban J connectivity index is 3.02. The van der Waals surface area contributed by atoms with Crippen LogP contribution in [0.5, 0.6) is 0 Å². The largest absolute Gasteiger partial charge is 0.396 e. The van der Waals surface area contributed by atoms with E-state index in [1.165, 1.54) is 0 Å². The van der Waals surface area contributed by atoms with E-state index in [0.29, 0.717) is 0 Å². The van der Waals surface area contributed by atoms with Gasteiger partial charge in [0, 0.05) is 0 Å². The molecule has 0 aliphatic heterocycles. The number of aromatic nitrogens is 2. The van der Waals surface area contributed by atoms with Crippen molar-refractivity contribution in [3.8, 4) is 0 Å². The predicted molar refractivity (Wildman–Crippen MR) is 49.5 cm³/mol. The Morgan fingerprint density at radius 2 is 1.57 bits per heavy atom. The second-order valence-corrected chi connectivity index (χ2v) is 3.84. The first-order chi connectivity index (χ1) is 6.29.